The van der Waals surface area contributed by atoms with Gasteiger partial charge in [-0.15, -0.1) is 0 Å². The Bertz CT molecular complexity index is 780. The normalized spacial score (nSPS) is 10.7. The Hall–Kier alpha value is -3.33. The van der Waals surface area contributed by atoms with Crippen molar-refractivity contribution >= 4 is 11.6 Å². The first kappa shape index (κ1) is 19.0. The minimum absolute atomic E-state index is 0.0670. The first-order chi connectivity index (χ1) is 12.7. The summed E-state index contributed by atoms with van der Waals surface area (Å²) >= 11 is 0. The summed E-state index contributed by atoms with van der Waals surface area (Å²) in [7, 11) is 1.58. The van der Waals surface area contributed by atoms with E-state index in [-0.39, 0.29) is 5.57 Å². The lowest BCUT2D eigenvalue weighted by molar-refractivity contribution is -0.112. The van der Waals surface area contributed by atoms with Gasteiger partial charge in [-0.2, -0.15) is 5.26 Å². The van der Waals surface area contributed by atoms with Crippen LogP contribution in [0.2, 0.25) is 0 Å². The molecule has 0 aliphatic carbocycles. The van der Waals surface area contributed by atoms with Crippen LogP contribution >= 0.6 is 0 Å². The molecule has 0 fully saturated rings. The van der Waals surface area contributed by atoms with Crippen LogP contribution in [0.5, 0.6) is 5.75 Å². The number of pyridine rings is 1. The van der Waals surface area contributed by atoms with Crippen molar-refractivity contribution in [2.24, 2.45) is 0 Å². The molecule has 0 aliphatic heterocycles. The highest BCUT2D eigenvalue weighted by Gasteiger charge is 2.11. The van der Waals surface area contributed by atoms with Crippen molar-refractivity contribution < 1.29 is 9.53 Å². The molecule has 134 valence electrons. The van der Waals surface area contributed by atoms with E-state index in [9.17, 15) is 10.1 Å². The number of anilines is 1. The number of ether oxygens (including phenoxy) is 1. The van der Waals surface area contributed by atoms with Crippen LogP contribution in [0.4, 0.5) is 5.69 Å². The van der Waals surface area contributed by atoms with Crippen LogP contribution in [0, 0.1) is 11.3 Å². The summed E-state index contributed by atoms with van der Waals surface area (Å²) < 4.78 is 5.09. The Kier molecular flexibility index (Phi) is 7.19. The van der Waals surface area contributed by atoms with E-state index in [2.05, 4.69) is 10.3 Å². The summed E-state index contributed by atoms with van der Waals surface area (Å²) in [6, 6.07) is 12.9. The molecule has 2 rings (SSSR count). The van der Waals surface area contributed by atoms with Crippen LogP contribution in [-0.2, 0) is 11.2 Å². The minimum Gasteiger partial charge on any atom is -0.497 e. The van der Waals surface area contributed by atoms with Gasteiger partial charge in [-0.1, -0.05) is 0 Å². The number of hydrogen-bond acceptors (Lipinski definition) is 5. The highest BCUT2D eigenvalue weighted by Crippen LogP contribution is 2.15. The van der Waals surface area contributed by atoms with E-state index in [4.69, 9.17) is 4.74 Å². The van der Waals surface area contributed by atoms with E-state index < -0.39 is 5.91 Å². The number of nitrogens with one attached hydrogen (secondary N) is 1. The maximum absolute atomic E-state index is 12.4. The van der Waals surface area contributed by atoms with Crippen molar-refractivity contribution in [1.82, 2.24) is 9.88 Å². The fraction of sp³-hybridized carbons (Fsp3) is 0.250. The van der Waals surface area contributed by atoms with Gasteiger partial charge in [0, 0.05) is 37.4 Å². The average molecular weight is 350 g/mol. The second kappa shape index (κ2) is 9.84. The zero-order valence-electron chi connectivity index (χ0n) is 15.0. The molecule has 26 heavy (non-hydrogen) atoms. The summed E-state index contributed by atoms with van der Waals surface area (Å²) in [5, 5.41) is 12.1. The maximum atomic E-state index is 12.4. The molecule has 6 heteroatoms. The van der Waals surface area contributed by atoms with Crippen LogP contribution < -0.4 is 10.1 Å². The van der Waals surface area contributed by atoms with Gasteiger partial charge in [-0.3, -0.25) is 9.78 Å². The number of likely N-dealkylation sites (N-methyl/N-ethyl adjacent to an activating group) is 1. The summed E-state index contributed by atoms with van der Waals surface area (Å²) in [6.45, 7) is 3.40. The van der Waals surface area contributed by atoms with E-state index in [1.54, 1.807) is 50.0 Å². The summed E-state index contributed by atoms with van der Waals surface area (Å²) in [5.41, 5.74) is 1.84. The molecule has 0 saturated carbocycles. The third-order valence-electron chi connectivity index (χ3n) is 3.87. The molecule has 0 atom stereocenters. The lowest BCUT2D eigenvalue weighted by Gasteiger charge is -2.18. The number of carbonyl (C=O) groups excluding carboxylic acids is 1. The molecule has 1 aromatic carbocycles. The SMILES string of the molecule is CCN(/C=C(/C#N)C(=O)Nc1ccc(OC)cc1)CCc1ccncc1. The Morgan fingerprint density at radius 2 is 1.96 bits per heavy atom. The quantitative estimate of drug-likeness (QED) is 0.585. The van der Waals surface area contributed by atoms with Crippen molar-refractivity contribution in [2.75, 3.05) is 25.5 Å². The lowest BCUT2D eigenvalue weighted by atomic mass is 10.2. The van der Waals surface area contributed by atoms with Gasteiger partial charge in [-0.05, 0) is 55.3 Å². The van der Waals surface area contributed by atoms with Crippen LogP contribution in [0.15, 0.2) is 60.6 Å². The number of aromatic nitrogens is 1. The Balaban J connectivity index is 2.01. The third-order valence-corrected chi connectivity index (χ3v) is 3.87. The molecule has 0 saturated heterocycles. The minimum atomic E-state index is -0.431. The largest absolute Gasteiger partial charge is 0.497 e. The van der Waals surface area contributed by atoms with Crippen LogP contribution in [0.1, 0.15) is 12.5 Å². The van der Waals surface area contributed by atoms with E-state index in [0.29, 0.717) is 24.5 Å². The number of carbonyl (C=O) groups is 1. The van der Waals surface area contributed by atoms with Gasteiger partial charge in [0.1, 0.15) is 17.4 Å². The number of amides is 1. The molecule has 0 unspecified atom stereocenters. The van der Waals surface area contributed by atoms with Gasteiger partial charge in [0.15, 0.2) is 0 Å². The Morgan fingerprint density at radius 3 is 2.54 bits per heavy atom. The number of nitriles is 1. The predicted octanol–water partition coefficient (Wildman–Crippen LogP) is 3.00. The molecular formula is C20H22N4O2. The predicted molar refractivity (Wildman–Crippen MR) is 101 cm³/mol. The fourth-order valence-electron chi connectivity index (χ4n) is 2.33. The average Bonchev–Trinajstić information content (AvgIpc) is 2.69. The Morgan fingerprint density at radius 1 is 1.27 bits per heavy atom. The second-order valence-corrected chi connectivity index (χ2v) is 5.57. The van der Waals surface area contributed by atoms with Crippen LogP contribution in [0.3, 0.4) is 0 Å². The molecule has 0 bridgehead atoms. The van der Waals surface area contributed by atoms with Crippen molar-refractivity contribution in [3.63, 3.8) is 0 Å². The zero-order valence-corrected chi connectivity index (χ0v) is 15.0. The number of methoxy groups -OCH3 is 1. The standard InChI is InChI=1S/C20H22N4O2/c1-3-24(13-10-16-8-11-22-12-9-16)15-17(14-21)20(25)23-18-4-6-19(26-2)7-5-18/h4-9,11-12,15H,3,10,13H2,1-2H3,(H,23,25)/b17-15-. The summed E-state index contributed by atoms with van der Waals surface area (Å²) in [4.78, 5) is 18.3. The first-order valence-electron chi connectivity index (χ1n) is 8.36. The number of rotatable bonds is 8. The molecule has 6 nitrogen and oxygen atoms in total. The van der Waals surface area contributed by atoms with E-state index in [1.807, 2.05) is 30.0 Å². The highest BCUT2D eigenvalue weighted by molar-refractivity contribution is 6.06. The fourth-order valence-corrected chi connectivity index (χ4v) is 2.33. The molecule has 0 radical (unpaired) electrons. The number of hydrogen-bond donors (Lipinski definition) is 1. The van der Waals surface area contributed by atoms with Crippen LogP contribution in [-0.4, -0.2) is 36.0 Å². The molecule has 1 aromatic heterocycles. The first-order valence-corrected chi connectivity index (χ1v) is 8.36. The summed E-state index contributed by atoms with van der Waals surface area (Å²) in [5.74, 6) is 0.271. The zero-order chi connectivity index (χ0) is 18.8. The second-order valence-electron chi connectivity index (χ2n) is 5.57. The van der Waals surface area contributed by atoms with Crippen molar-refractivity contribution in [3.05, 3.63) is 66.1 Å². The lowest BCUT2D eigenvalue weighted by Crippen LogP contribution is -2.23. The van der Waals surface area contributed by atoms with E-state index >= 15 is 0 Å². The molecule has 1 amide bonds. The van der Waals surface area contributed by atoms with Gasteiger partial charge in [0.2, 0.25) is 0 Å². The van der Waals surface area contributed by atoms with Gasteiger partial charge < -0.3 is 15.0 Å². The molecule has 1 heterocycles. The third kappa shape index (κ3) is 5.64. The monoisotopic (exact) mass is 350 g/mol. The molecule has 0 spiro atoms. The smallest absolute Gasteiger partial charge is 0.267 e. The Labute approximate surface area is 153 Å². The summed E-state index contributed by atoms with van der Waals surface area (Å²) in [6.07, 6.45) is 5.93. The number of nitrogens with zero attached hydrogens (tertiary/aromatic N) is 3. The van der Waals surface area contributed by atoms with E-state index in [1.165, 1.54) is 0 Å². The van der Waals surface area contributed by atoms with Gasteiger partial charge in [0.25, 0.3) is 5.91 Å². The molecular weight excluding hydrogens is 328 g/mol. The highest BCUT2D eigenvalue weighted by atomic mass is 16.5. The van der Waals surface area contributed by atoms with Gasteiger partial charge in [0.05, 0.1) is 7.11 Å². The molecule has 1 N–H and O–H groups in total. The number of benzene rings is 1. The van der Waals surface area contributed by atoms with E-state index in [0.717, 1.165) is 12.0 Å². The molecule has 0 aliphatic rings. The van der Waals surface area contributed by atoms with Gasteiger partial charge >= 0.3 is 0 Å². The topological polar surface area (TPSA) is 78.2 Å². The molecule has 2 aromatic rings. The van der Waals surface area contributed by atoms with Crippen molar-refractivity contribution in [1.29, 1.82) is 5.26 Å². The maximum Gasteiger partial charge on any atom is 0.267 e. The van der Waals surface area contributed by atoms with Crippen molar-refractivity contribution in [2.45, 2.75) is 13.3 Å². The van der Waals surface area contributed by atoms with Gasteiger partial charge in [-0.25, -0.2) is 0 Å². The van der Waals surface area contributed by atoms with Crippen LogP contribution in [0.25, 0.3) is 0 Å². The van der Waals surface area contributed by atoms with Crippen molar-refractivity contribution in [3.8, 4) is 11.8 Å².